The number of aliphatic hydroxyl groups excluding tert-OH is 1. The number of benzene rings is 1. The van der Waals surface area contributed by atoms with E-state index in [1.165, 1.54) is 24.0 Å². The van der Waals surface area contributed by atoms with E-state index in [2.05, 4.69) is 31.3 Å². The molecule has 1 fully saturated rings. The van der Waals surface area contributed by atoms with E-state index in [0.717, 1.165) is 5.56 Å². The Hall–Kier alpha value is -0.860. The van der Waals surface area contributed by atoms with Crippen LogP contribution in [0.5, 0.6) is 0 Å². The molecule has 0 aliphatic heterocycles. The van der Waals surface area contributed by atoms with Crippen molar-refractivity contribution in [3.05, 3.63) is 34.9 Å². The van der Waals surface area contributed by atoms with Crippen LogP contribution in [-0.4, -0.2) is 17.7 Å². The maximum atomic E-state index is 9.95. The largest absolute Gasteiger partial charge is 0.387 e. The number of hydrogen-bond donors (Lipinski definition) is 2. The van der Waals surface area contributed by atoms with Crippen LogP contribution in [0.1, 0.15) is 35.6 Å². The summed E-state index contributed by atoms with van der Waals surface area (Å²) in [6.45, 7) is 4.85. The van der Waals surface area contributed by atoms with Crippen LogP contribution in [0, 0.1) is 13.8 Å². The number of nitrogens with one attached hydrogen (secondary N) is 1. The molecule has 2 nitrogen and oxygen atoms in total. The Labute approximate surface area is 91.3 Å². The zero-order valence-electron chi connectivity index (χ0n) is 9.46. The molecule has 2 heteroatoms. The van der Waals surface area contributed by atoms with Crippen molar-refractivity contribution >= 4 is 0 Å². The number of aryl methyl sites for hydroxylation is 2. The SMILES string of the molecule is Cc1ccc(C(O)CNC2CC2)cc1C. The van der Waals surface area contributed by atoms with Crippen LogP contribution in [-0.2, 0) is 0 Å². The Bertz CT molecular complexity index is 344. The summed E-state index contributed by atoms with van der Waals surface area (Å²) in [6.07, 6.45) is 2.16. The fourth-order valence-electron chi connectivity index (χ4n) is 1.66. The maximum absolute atomic E-state index is 9.95. The van der Waals surface area contributed by atoms with Crippen LogP contribution >= 0.6 is 0 Å². The van der Waals surface area contributed by atoms with Crippen LogP contribution in [0.3, 0.4) is 0 Å². The molecule has 1 aliphatic rings. The lowest BCUT2D eigenvalue weighted by Crippen LogP contribution is -2.23. The molecule has 1 atom stereocenters. The molecule has 2 rings (SSSR count). The van der Waals surface area contributed by atoms with E-state index in [-0.39, 0.29) is 6.10 Å². The third kappa shape index (κ3) is 2.80. The highest BCUT2D eigenvalue weighted by atomic mass is 16.3. The van der Waals surface area contributed by atoms with Crippen molar-refractivity contribution in [1.29, 1.82) is 0 Å². The molecular formula is C13H19NO. The lowest BCUT2D eigenvalue weighted by Gasteiger charge is -2.13. The average molecular weight is 205 g/mol. The first-order valence-electron chi connectivity index (χ1n) is 5.65. The molecule has 1 unspecified atom stereocenters. The smallest absolute Gasteiger partial charge is 0.0914 e. The quantitative estimate of drug-likeness (QED) is 0.789. The van der Waals surface area contributed by atoms with Gasteiger partial charge in [0.05, 0.1) is 6.10 Å². The molecule has 1 aromatic carbocycles. The Morgan fingerprint density at radius 3 is 2.67 bits per heavy atom. The van der Waals surface area contributed by atoms with Gasteiger partial charge < -0.3 is 10.4 Å². The summed E-state index contributed by atoms with van der Waals surface area (Å²) in [4.78, 5) is 0. The average Bonchev–Trinajstić information content (AvgIpc) is 3.02. The molecular weight excluding hydrogens is 186 g/mol. The highest BCUT2D eigenvalue weighted by Crippen LogP contribution is 2.21. The third-order valence-electron chi connectivity index (χ3n) is 3.09. The first-order chi connectivity index (χ1) is 7.16. The Balaban J connectivity index is 1.97. The fourth-order valence-corrected chi connectivity index (χ4v) is 1.66. The minimum Gasteiger partial charge on any atom is -0.387 e. The summed E-state index contributed by atoms with van der Waals surface area (Å²) in [7, 11) is 0. The third-order valence-corrected chi connectivity index (χ3v) is 3.09. The molecule has 0 amide bonds. The van der Waals surface area contributed by atoms with Gasteiger partial charge in [0.2, 0.25) is 0 Å². The molecule has 2 N–H and O–H groups in total. The minimum atomic E-state index is -0.370. The molecule has 82 valence electrons. The van der Waals surface area contributed by atoms with Gasteiger partial charge in [-0.1, -0.05) is 18.2 Å². The summed E-state index contributed by atoms with van der Waals surface area (Å²) in [5, 5.41) is 13.3. The predicted octanol–water partition coefficient (Wildman–Crippen LogP) is 2.09. The normalized spacial score (nSPS) is 17.8. The summed E-state index contributed by atoms with van der Waals surface area (Å²) in [5.41, 5.74) is 3.55. The molecule has 15 heavy (non-hydrogen) atoms. The maximum Gasteiger partial charge on any atom is 0.0914 e. The second-order valence-corrected chi connectivity index (χ2v) is 4.54. The van der Waals surface area contributed by atoms with Gasteiger partial charge in [0.1, 0.15) is 0 Å². The van der Waals surface area contributed by atoms with E-state index in [9.17, 15) is 5.11 Å². The fraction of sp³-hybridized carbons (Fsp3) is 0.538. The molecule has 1 saturated carbocycles. The first-order valence-corrected chi connectivity index (χ1v) is 5.65. The van der Waals surface area contributed by atoms with Crippen LogP contribution in [0.15, 0.2) is 18.2 Å². The second kappa shape index (κ2) is 4.33. The van der Waals surface area contributed by atoms with Gasteiger partial charge >= 0.3 is 0 Å². The van der Waals surface area contributed by atoms with Crippen molar-refractivity contribution in [1.82, 2.24) is 5.32 Å². The van der Waals surface area contributed by atoms with Gasteiger partial charge in [0, 0.05) is 12.6 Å². The number of hydrogen-bond acceptors (Lipinski definition) is 2. The van der Waals surface area contributed by atoms with E-state index in [4.69, 9.17) is 0 Å². The molecule has 0 saturated heterocycles. The standard InChI is InChI=1S/C13H19NO/c1-9-3-4-11(7-10(9)2)13(15)8-14-12-5-6-12/h3-4,7,12-15H,5-6,8H2,1-2H3. The lowest BCUT2D eigenvalue weighted by molar-refractivity contribution is 0.174. The highest BCUT2D eigenvalue weighted by Gasteiger charge is 2.21. The van der Waals surface area contributed by atoms with Crippen molar-refractivity contribution in [2.75, 3.05) is 6.54 Å². The van der Waals surface area contributed by atoms with E-state index in [1.807, 2.05) is 6.07 Å². The highest BCUT2D eigenvalue weighted by molar-refractivity contribution is 5.31. The van der Waals surface area contributed by atoms with Gasteiger partial charge in [-0.15, -0.1) is 0 Å². The summed E-state index contributed by atoms with van der Waals surface area (Å²) < 4.78 is 0. The van der Waals surface area contributed by atoms with Gasteiger partial charge in [0.15, 0.2) is 0 Å². The molecule has 0 heterocycles. The van der Waals surface area contributed by atoms with Crippen molar-refractivity contribution in [3.63, 3.8) is 0 Å². The first kappa shape index (κ1) is 10.7. The van der Waals surface area contributed by atoms with E-state index >= 15 is 0 Å². The zero-order valence-corrected chi connectivity index (χ0v) is 9.46. The zero-order chi connectivity index (χ0) is 10.8. The van der Waals surface area contributed by atoms with Crippen LogP contribution in [0.2, 0.25) is 0 Å². The molecule has 0 radical (unpaired) electrons. The monoisotopic (exact) mass is 205 g/mol. The van der Waals surface area contributed by atoms with Gasteiger partial charge in [-0.2, -0.15) is 0 Å². The van der Waals surface area contributed by atoms with Gasteiger partial charge in [0.25, 0.3) is 0 Å². The summed E-state index contributed by atoms with van der Waals surface area (Å²) in [6, 6.07) is 6.83. The molecule has 0 bridgehead atoms. The molecule has 0 aromatic heterocycles. The van der Waals surface area contributed by atoms with E-state index in [0.29, 0.717) is 12.6 Å². The summed E-state index contributed by atoms with van der Waals surface area (Å²) in [5.74, 6) is 0. The van der Waals surface area contributed by atoms with Crippen molar-refractivity contribution < 1.29 is 5.11 Å². The predicted molar refractivity (Wildman–Crippen MR) is 61.9 cm³/mol. The Morgan fingerprint density at radius 2 is 2.07 bits per heavy atom. The van der Waals surface area contributed by atoms with Gasteiger partial charge in [-0.3, -0.25) is 0 Å². The lowest BCUT2D eigenvalue weighted by atomic mass is 10.0. The van der Waals surface area contributed by atoms with Crippen molar-refractivity contribution in [2.24, 2.45) is 0 Å². The number of aliphatic hydroxyl groups is 1. The van der Waals surface area contributed by atoms with E-state index in [1.54, 1.807) is 0 Å². The molecule has 0 spiro atoms. The molecule has 1 aliphatic carbocycles. The minimum absolute atomic E-state index is 0.370. The van der Waals surface area contributed by atoms with Crippen LogP contribution in [0.25, 0.3) is 0 Å². The topological polar surface area (TPSA) is 32.3 Å². The van der Waals surface area contributed by atoms with Crippen molar-refractivity contribution in [3.8, 4) is 0 Å². The van der Waals surface area contributed by atoms with E-state index < -0.39 is 0 Å². The Kier molecular flexibility index (Phi) is 3.08. The van der Waals surface area contributed by atoms with Crippen molar-refractivity contribution in [2.45, 2.75) is 38.8 Å². The molecule has 1 aromatic rings. The van der Waals surface area contributed by atoms with Crippen LogP contribution in [0.4, 0.5) is 0 Å². The number of rotatable bonds is 4. The van der Waals surface area contributed by atoms with Gasteiger partial charge in [-0.05, 0) is 43.4 Å². The summed E-state index contributed by atoms with van der Waals surface area (Å²) >= 11 is 0. The second-order valence-electron chi connectivity index (χ2n) is 4.54. The Morgan fingerprint density at radius 1 is 1.33 bits per heavy atom. The van der Waals surface area contributed by atoms with Gasteiger partial charge in [-0.25, -0.2) is 0 Å². The van der Waals surface area contributed by atoms with Crippen LogP contribution < -0.4 is 5.32 Å².